The van der Waals surface area contributed by atoms with Crippen molar-refractivity contribution in [3.63, 3.8) is 0 Å². The van der Waals surface area contributed by atoms with E-state index in [9.17, 15) is 4.79 Å². The van der Waals surface area contributed by atoms with E-state index in [2.05, 4.69) is 25.2 Å². The van der Waals surface area contributed by atoms with Gasteiger partial charge in [0, 0.05) is 25.2 Å². The molecule has 0 spiro atoms. The summed E-state index contributed by atoms with van der Waals surface area (Å²) in [4.78, 5) is 13.2. The first kappa shape index (κ1) is 12.6. The molecule has 18 heavy (non-hydrogen) atoms. The fourth-order valence-corrected chi connectivity index (χ4v) is 2.07. The summed E-state index contributed by atoms with van der Waals surface area (Å²) in [5, 5.41) is 10.8. The summed E-state index contributed by atoms with van der Waals surface area (Å²) >= 11 is 0. The standard InChI is InChI=1S/C11H17N5O2/c1-18-11(17)14-9-3-5-16(7-9)10-8(6-12)2-4-13-15-10/h2,4,9H,3,5-7,12H2,1H3,(H,14,17). The van der Waals surface area contributed by atoms with Crippen LogP contribution in [0, 0.1) is 0 Å². The maximum absolute atomic E-state index is 11.1. The zero-order valence-corrected chi connectivity index (χ0v) is 10.3. The predicted molar refractivity (Wildman–Crippen MR) is 66.1 cm³/mol. The number of alkyl carbamates (subject to hydrolysis) is 1. The minimum Gasteiger partial charge on any atom is -0.453 e. The van der Waals surface area contributed by atoms with Gasteiger partial charge in [0.15, 0.2) is 5.82 Å². The zero-order chi connectivity index (χ0) is 13.0. The van der Waals surface area contributed by atoms with Crippen LogP contribution in [0.5, 0.6) is 0 Å². The van der Waals surface area contributed by atoms with E-state index in [1.807, 2.05) is 6.07 Å². The van der Waals surface area contributed by atoms with E-state index in [0.717, 1.165) is 24.3 Å². The second-order valence-corrected chi connectivity index (χ2v) is 4.15. The lowest BCUT2D eigenvalue weighted by Crippen LogP contribution is -2.37. The van der Waals surface area contributed by atoms with Crippen molar-refractivity contribution in [2.24, 2.45) is 5.73 Å². The average Bonchev–Trinajstić information content (AvgIpc) is 2.86. The number of methoxy groups -OCH3 is 1. The second-order valence-electron chi connectivity index (χ2n) is 4.15. The third-order valence-corrected chi connectivity index (χ3v) is 3.00. The Morgan fingerprint density at radius 3 is 3.28 bits per heavy atom. The van der Waals surface area contributed by atoms with Crippen LogP contribution in [0.1, 0.15) is 12.0 Å². The van der Waals surface area contributed by atoms with Gasteiger partial charge in [0.25, 0.3) is 0 Å². The largest absolute Gasteiger partial charge is 0.453 e. The molecule has 1 aromatic rings. The number of ether oxygens (including phenoxy) is 1. The van der Waals surface area contributed by atoms with Crippen molar-refractivity contribution in [2.75, 3.05) is 25.1 Å². The van der Waals surface area contributed by atoms with Crippen LogP contribution in [0.4, 0.5) is 10.6 Å². The van der Waals surface area contributed by atoms with Crippen LogP contribution >= 0.6 is 0 Å². The monoisotopic (exact) mass is 251 g/mol. The molecule has 1 amide bonds. The molecule has 2 heterocycles. The molecule has 2 rings (SSSR count). The molecule has 1 aliphatic rings. The van der Waals surface area contributed by atoms with Gasteiger partial charge in [-0.3, -0.25) is 0 Å². The van der Waals surface area contributed by atoms with Gasteiger partial charge in [0.2, 0.25) is 0 Å². The maximum Gasteiger partial charge on any atom is 0.407 e. The summed E-state index contributed by atoms with van der Waals surface area (Å²) in [6, 6.07) is 1.94. The van der Waals surface area contributed by atoms with Crippen LogP contribution in [-0.4, -0.2) is 42.5 Å². The Morgan fingerprint density at radius 2 is 2.56 bits per heavy atom. The van der Waals surface area contributed by atoms with Gasteiger partial charge in [-0.25, -0.2) is 4.79 Å². The van der Waals surface area contributed by atoms with Gasteiger partial charge < -0.3 is 20.7 Å². The molecule has 0 saturated carbocycles. The lowest BCUT2D eigenvalue weighted by molar-refractivity contribution is 0.167. The third kappa shape index (κ3) is 2.67. The molecular weight excluding hydrogens is 234 g/mol. The van der Waals surface area contributed by atoms with E-state index in [-0.39, 0.29) is 6.04 Å². The Balaban J connectivity index is 2.02. The molecule has 1 saturated heterocycles. The van der Waals surface area contributed by atoms with Crippen molar-refractivity contribution < 1.29 is 9.53 Å². The molecular formula is C11H17N5O2. The number of amides is 1. The van der Waals surface area contributed by atoms with Crippen molar-refractivity contribution >= 4 is 11.9 Å². The predicted octanol–water partition coefficient (Wildman–Crippen LogP) is -0.130. The Kier molecular flexibility index (Phi) is 3.93. The number of rotatable bonds is 3. The van der Waals surface area contributed by atoms with Crippen molar-refractivity contribution in [1.82, 2.24) is 15.5 Å². The van der Waals surface area contributed by atoms with Crippen LogP contribution in [0.15, 0.2) is 12.3 Å². The highest BCUT2D eigenvalue weighted by Gasteiger charge is 2.26. The van der Waals surface area contributed by atoms with E-state index in [1.54, 1.807) is 6.20 Å². The summed E-state index contributed by atoms with van der Waals surface area (Å²) in [5.41, 5.74) is 6.63. The molecule has 98 valence electrons. The minimum absolute atomic E-state index is 0.0741. The fourth-order valence-electron chi connectivity index (χ4n) is 2.07. The third-order valence-electron chi connectivity index (χ3n) is 3.00. The van der Waals surface area contributed by atoms with E-state index >= 15 is 0 Å². The molecule has 0 aromatic carbocycles. The van der Waals surface area contributed by atoms with E-state index in [4.69, 9.17) is 5.73 Å². The molecule has 7 nitrogen and oxygen atoms in total. The number of hydrogen-bond donors (Lipinski definition) is 2. The second kappa shape index (κ2) is 5.63. The molecule has 1 unspecified atom stereocenters. The summed E-state index contributed by atoms with van der Waals surface area (Å²) in [7, 11) is 1.36. The van der Waals surface area contributed by atoms with Crippen LogP contribution in [0.25, 0.3) is 0 Å². The van der Waals surface area contributed by atoms with Gasteiger partial charge in [0.05, 0.1) is 19.3 Å². The Morgan fingerprint density at radius 1 is 1.72 bits per heavy atom. The fraction of sp³-hybridized carbons (Fsp3) is 0.545. The van der Waals surface area contributed by atoms with Crippen LogP contribution < -0.4 is 16.0 Å². The summed E-state index contributed by atoms with van der Waals surface area (Å²) in [5.74, 6) is 0.800. The van der Waals surface area contributed by atoms with Crippen molar-refractivity contribution in [2.45, 2.75) is 19.0 Å². The Labute approximate surface area is 105 Å². The number of nitrogens with zero attached hydrogens (tertiary/aromatic N) is 3. The van der Waals surface area contributed by atoms with Crippen LogP contribution in [0.3, 0.4) is 0 Å². The number of nitrogens with one attached hydrogen (secondary N) is 1. The van der Waals surface area contributed by atoms with Gasteiger partial charge in [0.1, 0.15) is 0 Å². The highest BCUT2D eigenvalue weighted by Crippen LogP contribution is 2.21. The lowest BCUT2D eigenvalue weighted by atomic mass is 10.2. The van der Waals surface area contributed by atoms with Gasteiger partial charge >= 0.3 is 6.09 Å². The summed E-state index contributed by atoms with van der Waals surface area (Å²) < 4.78 is 4.58. The Hall–Kier alpha value is -1.89. The highest BCUT2D eigenvalue weighted by atomic mass is 16.5. The number of anilines is 1. The summed E-state index contributed by atoms with van der Waals surface area (Å²) in [6.45, 7) is 1.94. The Bertz CT molecular complexity index is 426. The maximum atomic E-state index is 11.1. The van der Waals surface area contributed by atoms with Gasteiger partial charge in [-0.2, -0.15) is 5.10 Å². The van der Waals surface area contributed by atoms with Crippen molar-refractivity contribution in [1.29, 1.82) is 0 Å². The topological polar surface area (TPSA) is 93.4 Å². The van der Waals surface area contributed by atoms with Crippen LogP contribution in [0.2, 0.25) is 0 Å². The number of nitrogens with two attached hydrogens (primary N) is 1. The first-order valence-corrected chi connectivity index (χ1v) is 5.84. The smallest absolute Gasteiger partial charge is 0.407 e. The number of carbonyl (C=O) groups excluding carboxylic acids is 1. The molecule has 1 aromatic heterocycles. The first-order valence-electron chi connectivity index (χ1n) is 5.84. The molecule has 0 aliphatic carbocycles. The molecule has 7 heteroatoms. The van der Waals surface area contributed by atoms with Gasteiger partial charge in [-0.1, -0.05) is 0 Å². The number of aromatic nitrogens is 2. The minimum atomic E-state index is -0.403. The molecule has 0 radical (unpaired) electrons. The average molecular weight is 251 g/mol. The quantitative estimate of drug-likeness (QED) is 0.777. The number of hydrogen-bond acceptors (Lipinski definition) is 6. The normalized spacial score (nSPS) is 18.8. The molecule has 1 fully saturated rings. The van der Waals surface area contributed by atoms with E-state index in [0.29, 0.717) is 13.1 Å². The SMILES string of the molecule is COC(=O)NC1CCN(c2nnccc2CN)C1. The van der Waals surface area contributed by atoms with E-state index in [1.165, 1.54) is 7.11 Å². The van der Waals surface area contributed by atoms with Crippen molar-refractivity contribution in [3.05, 3.63) is 17.8 Å². The molecule has 3 N–H and O–H groups in total. The zero-order valence-electron chi connectivity index (χ0n) is 10.3. The molecule has 1 aliphatic heterocycles. The van der Waals surface area contributed by atoms with Crippen molar-refractivity contribution in [3.8, 4) is 0 Å². The van der Waals surface area contributed by atoms with Gasteiger partial charge in [-0.05, 0) is 12.5 Å². The highest BCUT2D eigenvalue weighted by molar-refractivity contribution is 5.67. The lowest BCUT2D eigenvalue weighted by Gasteiger charge is -2.19. The summed E-state index contributed by atoms with van der Waals surface area (Å²) in [6.07, 6.45) is 2.08. The van der Waals surface area contributed by atoms with Crippen LogP contribution in [-0.2, 0) is 11.3 Å². The molecule has 0 bridgehead atoms. The first-order chi connectivity index (χ1) is 8.74. The molecule has 1 atom stereocenters. The number of carbonyl (C=O) groups is 1. The van der Waals surface area contributed by atoms with E-state index < -0.39 is 6.09 Å². The van der Waals surface area contributed by atoms with Gasteiger partial charge in [-0.15, -0.1) is 5.10 Å².